The van der Waals surface area contributed by atoms with Crippen molar-refractivity contribution in [2.75, 3.05) is 20.2 Å². The van der Waals surface area contributed by atoms with Gasteiger partial charge in [0, 0.05) is 5.56 Å². The quantitative estimate of drug-likeness (QED) is 0.742. The molecule has 3 nitrogen and oxygen atoms in total. The van der Waals surface area contributed by atoms with E-state index in [0.717, 1.165) is 23.8 Å². The van der Waals surface area contributed by atoms with E-state index in [1.807, 2.05) is 24.3 Å². The van der Waals surface area contributed by atoms with Crippen molar-refractivity contribution in [3.8, 4) is 5.75 Å². The van der Waals surface area contributed by atoms with Crippen LogP contribution in [0.1, 0.15) is 23.2 Å². The second kappa shape index (κ2) is 5.12. The molecule has 0 unspecified atom stereocenters. The first-order valence-corrected chi connectivity index (χ1v) is 5.70. The highest BCUT2D eigenvalue weighted by molar-refractivity contribution is 5.97. The molecule has 1 fully saturated rings. The smallest absolute Gasteiger partial charge is 0.176 e. The number of carbonyl (C=O) groups is 1. The molecule has 1 aromatic carbocycles. The summed E-state index contributed by atoms with van der Waals surface area (Å²) in [5.41, 5.74) is 0.730. The van der Waals surface area contributed by atoms with Crippen molar-refractivity contribution in [3.63, 3.8) is 0 Å². The van der Waals surface area contributed by atoms with Crippen LogP contribution in [0.3, 0.4) is 0 Å². The van der Waals surface area contributed by atoms with Crippen molar-refractivity contribution in [2.24, 2.45) is 5.92 Å². The van der Waals surface area contributed by atoms with E-state index in [-0.39, 0.29) is 5.78 Å². The summed E-state index contributed by atoms with van der Waals surface area (Å²) in [6.45, 7) is 1.19. The Morgan fingerprint density at radius 2 is 2.06 bits per heavy atom. The van der Waals surface area contributed by atoms with Crippen LogP contribution in [0.15, 0.2) is 24.3 Å². The van der Waals surface area contributed by atoms with Gasteiger partial charge in [0.1, 0.15) is 5.75 Å². The predicted molar refractivity (Wildman–Crippen MR) is 62.9 cm³/mol. The fraction of sp³-hybridized carbons (Fsp3) is 0.462. The molecule has 0 saturated heterocycles. The van der Waals surface area contributed by atoms with E-state index >= 15 is 0 Å². The SMILES string of the molecule is CNCC(=O)c1ccc(OCC2CC2)cc1. The van der Waals surface area contributed by atoms with Crippen molar-refractivity contribution >= 4 is 5.78 Å². The van der Waals surface area contributed by atoms with E-state index in [0.29, 0.717) is 6.54 Å². The molecule has 1 aliphatic rings. The Kier molecular flexibility index (Phi) is 3.57. The molecule has 86 valence electrons. The fourth-order valence-electron chi connectivity index (χ4n) is 1.50. The van der Waals surface area contributed by atoms with Gasteiger partial charge < -0.3 is 10.1 Å². The lowest BCUT2D eigenvalue weighted by molar-refractivity contribution is 0.0993. The molecule has 0 aromatic heterocycles. The maximum Gasteiger partial charge on any atom is 0.176 e. The van der Waals surface area contributed by atoms with E-state index in [1.165, 1.54) is 12.8 Å². The van der Waals surface area contributed by atoms with Crippen LogP contribution in [0.5, 0.6) is 5.75 Å². The summed E-state index contributed by atoms with van der Waals surface area (Å²) in [5.74, 6) is 1.72. The van der Waals surface area contributed by atoms with Crippen molar-refractivity contribution in [3.05, 3.63) is 29.8 Å². The zero-order valence-electron chi connectivity index (χ0n) is 9.53. The molecule has 0 spiro atoms. The third-order valence-electron chi connectivity index (χ3n) is 2.70. The second-order valence-corrected chi connectivity index (χ2v) is 4.23. The zero-order chi connectivity index (χ0) is 11.4. The van der Waals surface area contributed by atoms with E-state index in [1.54, 1.807) is 7.05 Å². The number of ether oxygens (including phenoxy) is 1. The summed E-state index contributed by atoms with van der Waals surface area (Å²) < 4.78 is 5.60. The molecule has 0 atom stereocenters. The Morgan fingerprint density at radius 1 is 1.38 bits per heavy atom. The van der Waals surface area contributed by atoms with Crippen molar-refractivity contribution < 1.29 is 9.53 Å². The highest BCUT2D eigenvalue weighted by Gasteiger charge is 2.21. The lowest BCUT2D eigenvalue weighted by Gasteiger charge is -2.05. The second-order valence-electron chi connectivity index (χ2n) is 4.23. The summed E-state index contributed by atoms with van der Waals surface area (Å²) in [6, 6.07) is 7.38. The summed E-state index contributed by atoms with van der Waals surface area (Å²) >= 11 is 0. The highest BCUT2D eigenvalue weighted by Crippen LogP contribution is 2.29. The Labute approximate surface area is 95.8 Å². The minimum Gasteiger partial charge on any atom is -0.493 e. The van der Waals surface area contributed by atoms with Crippen LogP contribution < -0.4 is 10.1 Å². The lowest BCUT2D eigenvalue weighted by atomic mass is 10.1. The first-order valence-electron chi connectivity index (χ1n) is 5.70. The van der Waals surface area contributed by atoms with Gasteiger partial charge in [-0.25, -0.2) is 0 Å². The van der Waals surface area contributed by atoms with Gasteiger partial charge in [0.15, 0.2) is 5.78 Å². The Morgan fingerprint density at radius 3 is 2.62 bits per heavy atom. The number of ketones is 1. The number of benzene rings is 1. The normalized spacial score (nSPS) is 14.8. The van der Waals surface area contributed by atoms with Crippen LogP contribution in [0.4, 0.5) is 0 Å². The van der Waals surface area contributed by atoms with E-state index < -0.39 is 0 Å². The molecular weight excluding hydrogens is 202 g/mol. The Hall–Kier alpha value is -1.35. The number of nitrogens with one attached hydrogen (secondary N) is 1. The van der Waals surface area contributed by atoms with E-state index in [2.05, 4.69) is 5.32 Å². The van der Waals surface area contributed by atoms with Gasteiger partial charge in [-0.2, -0.15) is 0 Å². The molecule has 0 radical (unpaired) electrons. The molecule has 1 N–H and O–H groups in total. The molecule has 2 rings (SSSR count). The van der Waals surface area contributed by atoms with Gasteiger partial charge in [0.25, 0.3) is 0 Å². The molecule has 0 bridgehead atoms. The lowest BCUT2D eigenvalue weighted by Crippen LogP contribution is -2.18. The third-order valence-corrected chi connectivity index (χ3v) is 2.70. The maximum absolute atomic E-state index is 11.5. The maximum atomic E-state index is 11.5. The first-order chi connectivity index (χ1) is 7.79. The average Bonchev–Trinajstić information content (AvgIpc) is 3.11. The van der Waals surface area contributed by atoms with Gasteiger partial charge in [-0.15, -0.1) is 0 Å². The summed E-state index contributed by atoms with van der Waals surface area (Å²) in [5, 5.41) is 2.85. The first kappa shape index (κ1) is 11.1. The molecule has 1 saturated carbocycles. The van der Waals surface area contributed by atoms with Crippen LogP contribution in [0, 0.1) is 5.92 Å². The molecule has 3 heteroatoms. The van der Waals surface area contributed by atoms with Gasteiger partial charge in [-0.3, -0.25) is 4.79 Å². The Bertz CT molecular complexity index is 355. The third kappa shape index (κ3) is 3.07. The monoisotopic (exact) mass is 219 g/mol. The zero-order valence-corrected chi connectivity index (χ0v) is 9.53. The standard InChI is InChI=1S/C13H17NO2/c1-14-8-13(15)11-4-6-12(7-5-11)16-9-10-2-3-10/h4-7,10,14H,2-3,8-9H2,1H3. The van der Waals surface area contributed by atoms with Crippen LogP contribution in [0.2, 0.25) is 0 Å². The molecule has 1 aromatic rings. The van der Waals surface area contributed by atoms with Gasteiger partial charge in [0.05, 0.1) is 13.2 Å². The number of rotatable bonds is 6. The summed E-state index contributed by atoms with van der Waals surface area (Å²) in [6.07, 6.45) is 2.58. The number of likely N-dealkylation sites (N-methyl/N-ethyl adjacent to an activating group) is 1. The van der Waals surface area contributed by atoms with E-state index in [4.69, 9.17) is 4.74 Å². The fourth-order valence-corrected chi connectivity index (χ4v) is 1.50. The molecule has 0 amide bonds. The van der Waals surface area contributed by atoms with Crippen LogP contribution in [-0.2, 0) is 0 Å². The summed E-state index contributed by atoms with van der Waals surface area (Å²) in [4.78, 5) is 11.5. The minimum atomic E-state index is 0.108. The van der Waals surface area contributed by atoms with Crippen LogP contribution >= 0.6 is 0 Å². The molecule has 16 heavy (non-hydrogen) atoms. The van der Waals surface area contributed by atoms with Crippen molar-refractivity contribution in [1.29, 1.82) is 0 Å². The largest absolute Gasteiger partial charge is 0.493 e. The van der Waals surface area contributed by atoms with Gasteiger partial charge in [0.2, 0.25) is 0 Å². The predicted octanol–water partition coefficient (Wildman–Crippen LogP) is 1.88. The van der Waals surface area contributed by atoms with Crippen molar-refractivity contribution in [2.45, 2.75) is 12.8 Å². The minimum absolute atomic E-state index is 0.108. The number of hydrogen-bond donors (Lipinski definition) is 1. The van der Waals surface area contributed by atoms with Crippen molar-refractivity contribution in [1.82, 2.24) is 5.32 Å². The average molecular weight is 219 g/mol. The number of hydrogen-bond acceptors (Lipinski definition) is 3. The van der Waals surface area contributed by atoms with E-state index in [9.17, 15) is 4.79 Å². The van der Waals surface area contributed by atoms with Gasteiger partial charge in [-0.1, -0.05) is 0 Å². The van der Waals surface area contributed by atoms with Crippen LogP contribution in [0.25, 0.3) is 0 Å². The van der Waals surface area contributed by atoms with Gasteiger partial charge >= 0.3 is 0 Å². The molecule has 1 aliphatic carbocycles. The molecule has 0 heterocycles. The topological polar surface area (TPSA) is 38.3 Å². The number of carbonyl (C=O) groups excluding carboxylic acids is 1. The highest BCUT2D eigenvalue weighted by atomic mass is 16.5. The van der Waals surface area contributed by atoms with Crippen LogP contribution in [-0.4, -0.2) is 26.0 Å². The summed E-state index contributed by atoms with van der Waals surface area (Å²) in [7, 11) is 1.77. The van der Waals surface area contributed by atoms with Gasteiger partial charge in [-0.05, 0) is 50.1 Å². The molecule has 0 aliphatic heterocycles. The number of Topliss-reactive ketones (excluding diaryl/α,β-unsaturated/α-hetero) is 1. The Balaban J connectivity index is 1.89. The molecular formula is C13H17NO2.